The van der Waals surface area contributed by atoms with Crippen molar-refractivity contribution < 1.29 is 5.11 Å². The first-order valence-electron chi connectivity index (χ1n) is 5.49. The highest BCUT2D eigenvalue weighted by Gasteiger charge is 2.21. The van der Waals surface area contributed by atoms with Gasteiger partial charge >= 0.3 is 0 Å². The number of hydrogen-bond acceptors (Lipinski definition) is 2. The molecular weight excluding hydrogens is 198 g/mol. The summed E-state index contributed by atoms with van der Waals surface area (Å²) in [4.78, 5) is 4.30. The molecular formula is C14H17NO. The molecule has 0 amide bonds. The van der Waals surface area contributed by atoms with E-state index in [1.165, 1.54) is 0 Å². The number of aryl methyl sites for hydroxylation is 1. The van der Waals surface area contributed by atoms with Crippen LogP contribution in [0.3, 0.4) is 0 Å². The van der Waals surface area contributed by atoms with Crippen molar-refractivity contribution in [3.8, 4) is 5.75 Å². The number of rotatable bonds is 0. The van der Waals surface area contributed by atoms with Crippen molar-refractivity contribution in [1.82, 2.24) is 4.98 Å². The van der Waals surface area contributed by atoms with Gasteiger partial charge in [0.15, 0.2) is 0 Å². The maximum Gasteiger partial charge on any atom is 0.138 e. The lowest BCUT2D eigenvalue weighted by molar-refractivity contribution is 0.447. The van der Waals surface area contributed by atoms with Crippen LogP contribution < -0.4 is 0 Å². The van der Waals surface area contributed by atoms with Crippen LogP contribution in [-0.4, -0.2) is 10.1 Å². The van der Waals surface area contributed by atoms with Crippen LogP contribution in [-0.2, 0) is 5.41 Å². The molecule has 16 heavy (non-hydrogen) atoms. The molecule has 2 nitrogen and oxygen atoms in total. The molecule has 0 aliphatic rings. The fraction of sp³-hybridized carbons (Fsp3) is 0.357. The van der Waals surface area contributed by atoms with Gasteiger partial charge in [-0.3, -0.25) is 4.98 Å². The Kier molecular flexibility index (Phi) is 2.38. The molecule has 2 heteroatoms. The van der Waals surface area contributed by atoms with Gasteiger partial charge in [-0.1, -0.05) is 39.0 Å². The molecule has 1 aromatic heterocycles. The van der Waals surface area contributed by atoms with Crippen molar-refractivity contribution in [2.75, 3.05) is 0 Å². The lowest BCUT2D eigenvalue weighted by atomic mass is 9.84. The fourth-order valence-corrected chi connectivity index (χ4v) is 2.15. The van der Waals surface area contributed by atoms with Crippen molar-refractivity contribution >= 4 is 10.9 Å². The summed E-state index contributed by atoms with van der Waals surface area (Å²) in [5, 5.41) is 11.0. The van der Waals surface area contributed by atoms with E-state index in [9.17, 15) is 5.11 Å². The number of pyridine rings is 1. The fourth-order valence-electron chi connectivity index (χ4n) is 2.15. The molecule has 0 radical (unpaired) electrons. The van der Waals surface area contributed by atoms with Gasteiger partial charge in [0.2, 0.25) is 0 Å². The second kappa shape index (κ2) is 3.48. The highest BCUT2D eigenvalue weighted by molar-refractivity contribution is 5.87. The Morgan fingerprint density at radius 1 is 1.19 bits per heavy atom. The molecule has 0 bridgehead atoms. The number of aromatic nitrogens is 1. The molecule has 2 aromatic rings. The molecule has 2 rings (SSSR count). The van der Waals surface area contributed by atoms with Gasteiger partial charge in [-0.15, -0.1) is 0 Å². The van der Waals surface area contributed by atoms with Gasteiger partial charge in [0.25, 0.3) is 0 Å². The lowest BCUT2D eigenvalue weighted by Crippen LogP contribution is -2.12. The molecule has 0 saturated heterocycles. The Balaban J connectivity index is 2.91. The normalized spacial score (nSPS) is 12.0. The summed E-state index contributed by atoms with van der Waals surface area (Å²) in [6.45, 7) is 8.34. The van der Waals surface area contributed by atoms with Gasteiger partial charge in [0.1, 0.15) is 5.75 Å². The van der Waals surface area contributed by atoms with Crippen molar-refractivity contribution in [2.45, 2.75) is 33.1 Å². The number of aromatic hydroxyl groups is 1. The Bertz CT molecular complexity index is 538. The van der Waals surface area contributed by atoms with Gasteiger partial charge < -0.3 is 5.11 Å². The molecule has 0 saturated carbocycles. The summed E-state index contributed by atoms with van der Waals surface area (Å²) in [5.74, 6) is 0.283. The van der Waals surface area contributed by atoms with Crippen molar-refractivity contribution in [1.29, 1.82) is 0 Å². The Morgan fingerprint density at radius 3 is 2.50 bits per heavy atom. The SMILES string of the molecule is Cc1cccc2c(C(C)(C)C)c(O)cnc12. The predicted molar refractivity (Wildman–Crippen MR) is 66.8 cm³/mol. The summed E-state index contributed by atoms with van der Waals surface area (Å²) in [5.41, 5.74) is 3.01. The van der Waals surface area contributed by atoms with E-state index in [-0.39, 0.29) is 11.2 Å². The second-order valence-electron chi connectivity index (χ2n) is 5.24. The van der Waals surface area contributed by atoms with E-state index < -0.39 is 0 Å². The molecule has 0 aliphatic heterocycles. The van der Waals surface area contributed by atoms with E-state index in [1.54, 1.807) is 6.20 Å². The summed E-state index contributed by atoms with van der Waals surface area (Å²) in [6.07, 6.45) is 1.55. The number of fused-ring (bicyclic) bond motifs is 1. The monoisotopic (exact) mass is 215 g/mol. The zero-order valence-corrected chi connectivity index (χ0v) is 10.2. The van der Waals surface area contributed by atoms with E-state index in [2.05, 4.69) is 25.8 Å². The molecule has 0 unspecified atom stereocenters. The zero-order chi connectivity index (χ0) is 11.9. The third-order valence-corrected chi connectivity index (χ3v) is 2.83. The van der Waals surface area contributed by atoms with Crippen molar-refractivity contribution in [3.63, 3.8) is 0 Å². The molecule has 1 heterocycles. The van der Waals surface area contributed by atoms with Crippen LogP contribution in [0.15, 0.2) is 24.4 Å². The second-order valence-corrected chi connectivity index (χ2v) is 5.24. The van der Waals surface area contributed by atoms with Crippen LogP contribution >= 0.6 is 0 Å². The van der Waals surface area contributed by atoms with Gasteiger partial charge in [0, 0.05) is 10.9 Å². The van der Waals surface area contributed by atoms with Crippen LogP contribution in [0.2, 0.25) is 0 Å². The first-order valence-corrected chi connectivity index (χ1v) is 5.49. The highest BCUT2D eigenvalue weighted by Crippen LogP contribution is 2.36. The van der Waals surface area contributed by atoms with Crippen LogP contribution in [0.1, 0.15) is 31.9 Å². The largest absolute Gasteiger partial charge is 0.506 e. The van der Waals surface area contributed by atoms with Crippen LogP contribution in [0.25, 0.3) is 10.9 Å². The molecule has 1 aromatic carbocycles. The first kappa shape index (κ1) is 10.9. The van der Waals surface area contributed by atoms with Crippen LogP contribution in [0.4, 0.5) is 0 Å². The minimum Gasteiger partial charge on any atom is -0.506 e. The maximum atomic E-state index is 9.97. The Hall–Kier alpha value is -1.57. The average molecular weight is 215 g/mol. The number of hydrogen-bond donors (Lipinski definition) is 1. The number of para-hydroxylation sites is 1. The molecule has 84 valence electrons. The lowest BCUT2D eigenvalue weighted by Gasteiger charge is -2.22. The zero-order valence-electron chi connectivity index (χ0n) is 10.2. The van der Waals surface area contributed by atoms with E-state index in [1.807, 2.05) is 25.1 Å². The van der Waals surface area contributed by atoms with Crippen LogP contribution in [0.5, 0.6) is 5.75 Å². The smallest absolute Gasteiger partial charge is 0.138 e. The Morgan fingerprint density at radius 2 is 1.88 bits per heavy atom. The predicted octanol–water partition coefficient (Wildman–Crippen LogP) is 3.55. The minimum absolute atomic E-state index is 0.0843. The van der Waals surface area contributed by atoms with Gasteiger partial charge in [0.05, 0.1) is 11.7 Å². The van der Waals surface area contributed by atoms with E-state index in [4.69, 9.17) is 0 Å². The molecule has 1 N–H and O–H groups in total. The third kappa shape index (κ3) is 1.64. The average Bonchev–Trinajstić information content (AvgIpc) is 2.15. The third-order valence-electron chi connectivity index (χ3n) is 2.83. The molecule has 0 spiro atoms. The summed E-state index contributed by atoms with van der Waals surface area (Å²) in [6, 6.07) is 6.07. The minimum atomic E-state index is -0.0843. The summed E-state index contributed by atoms with van der Waals surface area (Å²) >= 11 is 0. The number of benzene rings is 1. The standard InChI is InChI=1S/C14H17NO/c1-9-6-5-7-10-12(14(2,3)4)11(16)8-15-13(9)10/h5-8,16H,1-4H3. The molecule has 0 atom stereocenters. The molecule has 0 aliphatic carbocycles. The van der Waals surface area contributed by atoms with Crippen molar-refractivity contribution in [3.05, 3.63) is 35.5 Å². The van der Waals surface area contributed by atoms with E-state index >= 15 is 0 Å². The first-order chi connectivity index (χ1) is 7.41. The van der Waals surface area contributed by atoms with Gasteiger partial charge in [-0.2, -0.15) is 0 Å². The quantitative estimate of drug-likeness (QED) is 0.729. The van der Waals surface area contributed by atoms with E-state index in [0.717, 1.165) is 22.0 Å². The summed E-state index contributed by atoms with van der Waals surface area (Å²) < 4.78 is 0. The van der Waals surface area contributed by atoms with E-state index in [0.29, 0.717) is 0 Å². The topological polar surface area (TPSA) is 33.1 Å². The van der Waals surface area contributed by atoms with Gasteiger partial charge in [-0.05, 0) is 17.9 Å². The van der Waals surface area contributed by atoms with Gasteiger partial charge in [-0.25, -0.2) is 0 Å². The summed E-state index contributed by atoms with van der Waals surface area (Å²) in [7, 11) is 0. The maximum absolute atomic E-state index is 9.97. The van der Waals surface area contributed by atoms with Crippen LogP contribution in [0, 0.1) is 6.92 Å². The van der Waals surface area contributed by atoms with Crippen molar-refractivity contribution in [2.24, 2.45) is 0 Å². The molecule has 0 fully saturated rings. The number of nitrogens with zero attached hydrogens (tertiary/aromatic N) is 1. The Labute approximate surface area is 96.0 Å². The highest BCUT2D eigenvalue weighted by atomic mass is 16.3.